The lowest BCUT2D eigenvalue weighted by atomic mass is 10.1. The number of aromatic nitrogens is 2. The van der Waals surface area contributed by atoms with Crippen LogP contribution in [0.3, 0.4) is 0 Å². The summed E-state index contributed by atoms with van der Waals surface area (Å²) in [5.74, 6) is 0.816. The molecule has 1 heterocycles. The fraction of sp³-hybridized carbons (Fsp3) is 0.167. The second kappa shape index (κ2) is 4.81. The van der Waals surface area contributed by atoms with E-state index in [1.165, 1.54) is 0 Å². The quantitative estimate of drug-likeness (QED) is 0.600. The van der Waals surface area contributed by atoms with E-state index in [-0.39, 0.29) is 5.88 Å². The van der Waals surface area contributed by atoms with E-state index >= 15 is 0 Å². The van der Waals surface area contributed by atoms with E-state index in [4.69, 9.17) is 23.2 Å². The van der Waals surface area contributed by atoms with Crippen LogP contribution in [-0.4, -0.2) is 9.97 Å². The lowest BCUT2D eigenvalue weighted by molar-refractivity contribution is 1.02. The maximum Gasteiger partial charge on any atom is 0.145 e. The maximum absolute atomic E-state index is 6.04. The summed E-state index contributed by atoms with van der Waals surface area (Å²) in [6.07, 6.45) is 0. The Morgan fingerprint density at radius 1 is 1.12 bits per heavy atom. The molecule has 0 unspecified atom stereocenters. The summed E-state index contributed by atoms with van der Waals surface area (Å²) >= 11 is 11.8. The minimum absolute atomic E-state index is 0.264. The Bertz CT molecular complexity index is 498. The Hall–Kier alpha value is -1.12. The van der Waals surface area contributed by atoms with Crippen molar-refractivity contribution in [2.45, 2.75) is 12.8 Å². The third-order valence-electron chi connectivity index (χ3n) is 2.30. The van der Waals surface area contributed by atoms with Crippen LogP contribution in [0.25, 0.3) is 11.3 Å². The van der Waals surface area contributed by atoms with Crippen LogP contribution in [0.5, 0.6) is 0 Å². The molecule has 4 heteroatoms. The minimum atomic E-state index is 0.264. The number of nitrogens with zero attached hydrogens (tertiary/aromatic N) is 2. The van der Waals surface area contributed by atoms with Crippen molar-refractivity contribution in [1.82, 2.24) is 9.97 Å². The Morgan fingerprint density at radius 3 is 2.44 bits per heavy atom. The number of hydrogen-bond donors (Lipinski definition) is 0. The molecule has 0 amide bonds. The topological polar surface area (TPSA) is 25.8 Å². The number of hydrogen-bond acceptors (Lipinski definition) is 2. The Balaban J connectivity index is 2.60. The normalized spacial score (nSPS) is 10.4. The van der Waals surface area contributed by atoms with Gasteiger partial charge in [-0.1, -0.05) is 41.9 Å². The molecule has 0 N–H and O–H groups in total. The predicted octanol–water partition coefficient (Wildman–Crippen LogP) is 3.84. The minimum Gasteiger partial charge on any atom is -0.231 e. The van der Waals surface area contributed by atoms with Crippen molar-refractivity contribution in [3.8, 4) is 11.3 Å². The van der Waals surface area contributed by atoms with Gasteiger partial charge in [-0.15, -0.1) is 11.6 Å². The summed E-state index contributed by atoms with van der Waals surface area (Å²) in [5.41, 5.74) is 2.74. The summed E-state index contributed by atoms with van der Waals surface area (Å²) in [5, 5.41) is 0.463. The largest absolute Gasteiger partial charge is 0.231 e. The van der Waals surface area contributed by atoms with E-state index in [9.17, 15) is 0 Å². The zero-order valence-electron chi connectivity index (χ0n) is 8.74. The molecule has 2 aromatic rings. The van der Waals surface area contributed by atoms with Crippen LogP contribution in [0, 0.1) is 6.92 Å². The van der Waals surface area contributed by atoms with Gasteiger partial charge < -0.3 is 0 Å². The average molecular weight is 253 g/mol. The number of benzene rings is 1. The third-order valence-corrected chi connectivity index (χ3v) is 2.91. The van der Waals surface area contributed by atoms with Crippen molar-refractivity contribution < 1.29 is 0 Å². The van der Waals surface area contributed by atoms with Crippen molar-refractivity contribution in [3.05, 3.63) is 46.9 Å². The first kappa shape index (κ1) is 11.4. The van der Waals surface area contributed by atoms with Crippen molar-refractivity contribution in [3.63, 3.8) is 0 Å². The lowest BCUT2D eigenvalue weighted by Gasteiger charge is -2.07. The van der Waals surface area contributed by atoms with Gasteiger partial charge in [-0.05, 0) is 6.92 Å². The van der Waals surface area contributed by atoms with Crippen LogP contribution in [0.1, 0.15) is 11.4 Å². The summed E-state index contributed by atoms with van der Waals surface area (Å²) in [6.45, 7) is 1.91. The van der Waals surface area contributed by atoms with Gasteiger partial charge >= 0.3 is 0 Å². The lowest BCUT2D eigenvalue weighted by Crippen LogP contribution is -1.98. The SMILES string of the molecule is Cc1c(Cl)nc(CCl)nc1-c1ccccc1. The second-order valence-electron chi connectivity index (χ2n) is 3.40. The molecule has 0 aliphatic carbocycles. The fourth-order valence-corrected chi connectivity index (χ4v) is 1.78. The molecule has 1 aromatic heterocycles. The molecule has 0 saturated heterocycles. The molecule has 0 aliphatic heterocycles. The molecule has 2 rings (SSSR count). The van der Waals surface area contributed by atoms with Crippen LogP contribution in [0.15, 0.2) is 30.3 Å². The third kappa shape index (κ3) is 2.18. The van der Waals surface area contributed by atoms with Crippen molar-refractivity contribution in [2.24, 2.45) is 0 Å². The van der Waals surface area contributed by atoms with Gasteiger partial charge in [-0.25, -0.2) is 9.97 Å². The van der Waals surface area contributed by atoms with E-state index in [1.54, 1.807) is 0 Å². The fourth-order valence-electron chi connectivity index (χ4n) is 1.47. The summed E-state index contributed by atoms with van der Waals surface area (Å²) < 4.78 is 0. The molecule has 0 aliphatic rings. The molecule has 1 aromatic carbocycles. The first-order chi connectivity index (χ1) is 7.72. The molecule has 2 nitrogen and oxygen atoms in total. The number of alkyl halides is 1. The van der Waals surface area contributed by atoms with Crippen molar-refractivity contribution >= 4 is 23.2 Å². The van der Waals surface area contributed by atoms with E-state index in [1.807, 2.05) is 37.3 Å². The average Bonchev–Trinajstić information content (AvgIpc) is 2.33. The van der Waals surface area contributed by atoms with E-state index < -0.39 is 0 Å². The van der Waals surface area contributed by atoms with E-state index in [0.29, 0.717) is 11.0 Å². The molecular formula is C12H10Cl2N2. The Kier molecular flexibility index (Phi) is 3.42. The molecule has 0 atom stereocenters. The van der Waals surface area contributed by atoms with Gasteiger partial charge in [0.1, 0.15) is 11.0 Å². The highest BCUT2D eigenvalue weighted by Crippen LogP contribution is 2.25. The van der Waals surface area contributed by atoms with E-state index in [2.05, 4.69) is 9.97 Å². The highest BCUT2D eigenvalue weighted by molar-refractivity contribution is 6.30. The highest BCUT2D eigenvalue weighted by atomic mass is 35.5. The molecular weight excluding hydrogens is 243 g/mol. The van der Waals surface area contributed by atoms with Crippen molar-refractivity contribution in [2.75, 3.05) is 0 Å². The first-order valence-electron chi connectivity index (χ1n) is 4.86. The molecule has 0 spiro atoms. The molecule has 0 fully saturated rings. The highest BCUT2D eigenvalue weighted by Gasteiger charge is 2.10. The van der Waals surface area contributed by atoms with Crippen LogP contribution >= 0.6 is 23.2 Å². The van der Waals surface area contributed by atoms with Gasteiger partial charge in [-0.3, -0.25) is 0 Å². The summed E-state index contributed by atoms with van der Waals surface area (Å²) in [4.78, 5) is 8.49. The molecule has 0 saturated carbocycles. The smallest absolute Gasteiger partial charge is 0.145 e. The van der Waals surface area contributed by atoms with Crippen LogP contribution in [0.4, 0.5) is 0 Å². The Labute approximate surface area is 104 Å². The van der Waals surface area contributed by atoms with Gasteiger partial charge in [0.2, 0.25) is 0 Å². The van der Waals surface area contributed by atoms with Crippen LogP contribution in [0.2, 0.25) is 5.15 Å². The van der Waals surface area contributed by atoms with Crippen molar-refractivity contribution in [1.29, 1.82) is 0 Å². The molecule has 0 radical (unpaired) electrons. The molecule has 16 heavy (non-hydrogen) atoms. The summed E-state index contributed by atoms with van der Waals surface area (Å²) in [6, 6.07) is 9.87. The maximum atomic E-state index is 6.04. The van der Waals surface area contributed by atoms with E-state index in [0.717, 1.165) is 16.8 Å². The molecule has 0 bridgehead atoms. The monoisotopic (exact) mass is 252 g/mol. The number of rotatable bonds is 2. The molecule has 82 valence electrons. The standard InChI is InChI=1S/C12H10Cl2N2/c1-8-11(9-5-3-2-4-6-9)15-10(7-13)16-12(8)14/h2-6H,7H2,1H3. The van der Waals surface area contributed by atoms with Crippen LogP contribution in [-0.2, 0) is 5.88 Å². The van der Waals surface area contributed by atoms with Gasteiger partial charge in [0.05, 0.1) is 11.6 Å². The zero-order valence-corrected chi connectivity index (χ0v) is 10.3. The summed E-state index contributed by atoms with van der Waals surface area (Å²) in [7, 11) is 0. The van der Waals surface area contributed by atoms with Gasteiger partial charge in [0.15, 0.2) is 0 Å². The Morgan fingerprint density at radius 2 is 1.81 bits per heavy atom. The number of halogens is 2. The predicted molar refractivity (Wildman–Crippen MR) is 66.8 cm³/mol. The van der Waals surface area contributed by atoms with Gasteiger partial charge in [0.25, 0.3) is 0 Å². The first-order valence-corrected chi connectivity index (χ1v) is 5.78. The zero-order chi connectivity index (χ0) is 11.5. The second-order valence-corrected chi connectivity index (χ2v) is 4.03. The van der Waals surface area contributed by atoms with Gasteiger partial charge in [-0.2, -0.15) is 0 Å². The van der Waals surface area contributed by atoms with Gasteiger partial charge in [0, 0.05) is 11.1 Å². The van der Waals surface area contributed by atoms with Crippen LogP contribution < -0.4 is 0 Å².